The number of hydrogen-bond donors (Lipinski definition) is 1. The van der Waals surface area contributed by atoms with Crippen LogP contribution in [0.3, 0.4) is 0 Å². The summed E-state index contributed by atoms with van der Waals surface area (Å²) in [4.78, 5) is 2.48. The Bertz CT molecular complexity index is 291. The Hall–Kier alpha value is -0.900. The number of rotatable bonds is 2. The minimum Gasteiger partial charge on any atom is -0.294 e. The second-order valence-electron chi connectivity index (χ2n) is 4.16. The van der Waals surface area contributed by atoms with Crippen molar-refractivity contribution in [3.05, 3.63) is 35.9 Å². The monoisotopic (exact) mass is 205 g/mol. The van der Waals surface area contributed by atoms with Crippen LogP contribution in [0.5, 0.6) is 0 Å². The van der Waals surface area contributed by atoms with Gasteiger partial charge in [0.15, 0.2) is 0 Å². The molecule has 0 spiro atoms. The summed E-state index contributed by atoms with van der Waals surface area (Å²) in [7, 11) is 0. The van der Waals surface area contributed by atoms with Crippen LogP contribution >= 0.6 is 0 Å². The van der Waals surface area contributed by atoms with E-state index in [4.69, 9.17) is 5.84 Å². The second kappa shape index (κ2) is 4.75. The maximum atomic E-state index is 5.74. The van der Waals surface area contributed by atoms with Crippen LogP contribution in [0.1, 0.15) is 18.5 Å². The average Bonchev–Trinajstić information content (AvgIpc) is 2.30. The molecule has 1 aromatic carbocycles. The molecule has 3 nitrogen and oxygen atoms in total. The van der Waals surface area contributed by atoms with E-state index < -0.39 is 0 Å². The first kappa shape index (κ1) is 10.6. The van der Waals surface area contributed by atoms with E-state index in [1.54, 1.807) is 0 Å². The molecule has 2 N–H and O–H groups in total. The molecule has 0 amide bonds. The Morgan fingerprint density at radius 2 is 1.67 bits per heavy atom. The van der Waals surface area contributed by atoms with Gasteiger partial charge in [-0.05, 0) is 12.5 Å². The summed E-state index contributed by atoms with van der Waals surface area (Å²) in [5.74, 6) is 5.74. The van der Waals surface area contributed by atoms with Gasteiger partial charge in [-0.2, -0.15) is 0 Å². The first-order chi connectivity index (χ1) is 7.27. The lowest BCUT2D eigenvalue weighted by molar-refractivity contribution is 0.103. The summed E-state index contributed by atoms with van der Waals surface area (Å²) in [5.41, 5.74) is 1.39. The van der Waals surface area contributed by atoms with Crippen LogP contribution < -0.4 is 5.84 Å². The van der Waals surface area contributed by atoms with Gasteiger partial charge in [0.2, 0.25) is 0 Å². The molecule has 0 aromatic heterocycles. The van der Waals surface area contributed by atoms with Crippen LogP contribution in [0.4, 0.5) is 0 Å². The van der Waals surface area contributed by atoms with Gasteiger partial charge in [0, 0.05) is 32.2 Å². The van der Waals surface area contributed by atoms with Gasteiger partial charge < -0.3 is 0 Å². The molecule has 1 heterocycles. The van der Waals surface area contributed by atoms with Gasteiger partial charge in [0.1, 0.15) is 0 Å². The van der Waals surface area contributed by atoms with Crippen molar-refractivity contribution in [3.63, 3.8) is 0 Å². The van der Waals surface area contributed by atoms with Crippen LogP contribution in [0.25, 0.3) is 0 Å². The molecule has 0 bridgehead atoms. The normalized spacial score (nSPS) is 21.5. The van der Waals surface area contributed by atoms with Crippen LogP contribution in [0.2, 0.25) is 0 Å². The fraction of sp³-hybridized carbons (Fsp3) is 0.500. The third-order valence-electron chi connectivity index (χ3n) is 3.18. The summed E-state index contributed by atoms with van der Waals surface area (Å²) in [6, 6.07) is 11.2. The van der Waals surface area contributed by atoms with Gasteiger partial charge in [-0.3, -0.25) is 10.7 Å². The highest BCUT2D eigenvalue weighted by molar-refractivity contribution is 5.18. The highest BCUT2D eigenvalue weighted by Crippen LogP contribution is 2.20. The summed E-state index contributed by atoms with van der Waals surface area (Å²) < 4.78 is 0. The molecular weight excluding hydrogens is 186 g/mol. The minimum atomic E-state index is 0.500. The number of nitrogens with two attached hydrogens (primary N) is 1. The Kier molecular flexibility index (Phi) is 3.36. The lowest BCUT2D eigenvalue weighted by Crippen LogP contribution is -2.49. The van der Waals surface area contributed by atoms with Crippen LogP contribution in [-0.4, -0.2) is 36.1 Å². The number of benzene rings is 1. The summed E-state index contributed by atoms with van der Waals surface area (Å²) >= 11 is 0. The molecule has 1 aliphatic rings. The topological polar surface area (TPSA) is 32.5 Å². The lowest BCUT2D eigenvalue weighted by atomic mass is 10.1. The Labute approximate surface area is 91.4 Å². The molecule has 1 aromatic rings. The third kappa shape index (κ3) is 2.56. The van der Waals surface area contributed by atoms with Crippen molar-refractivity contribution in [2.24, 2.45) is 5.84 Å². The summed E-state index contributed by atoms with van der Waals surface area (Å²) in [6.07, 6.45) is 0. The van der Waals surface area contributed by atoms with Crippen molar-refractivity contribution in [1.29, 1.82) is 0 Å². The maximum Gasteiger partial charge on any atom is 0.0320 e. The molecule has 82 valence electrons. The van der Waals surface area contributed by atoms with Crippen LogP contribution in [-0.2, 0) is 0 Å². The molecule has 0 aliphatic carbocycles. The number of nitrogens with zero attached hydrogens (tertiary/aromatic N) is 2. The number of piperazine rings is 1. The first-order valence-corrected chi connectivity index (χ1v) is 5.56. The summed E-state index contributed by atoms with van der Waals surface area (Å²) in [6.45, 7) is 6.33. The minimum absolute atomic E-state index is 0.500. The van der Waals surface area contributed by atoms with E-state index >= 15 is 0 Å². The van der Waals surface area contributed by atoms with Crippen molar-refractivity contribution in [1.82, 2.24) is 9.91 Å². The Morgan fingerprint density at radius 1 is 1.07 bits per heavy atom. The zero-order chi connectivity index (χ0) is 10.7. The number of hydrogen-bond acceptors (Lipinski definition) is 3. The number of hydrazine groups is 1. The van der Waals surface area contributed by atoms with Crippen molar-refractivity contribution >= 4 is 0 Å². The SMILES string of the molecule is CC(c1ccccc1)N1CCN(N)CC1. The zero-order valence-electron chi connectivity index (χ0n) is 9.26. The van der Waals surface area contributed by atoms with Crippen LogP contribution in [0.15, 0.2) is 30.3 Å². The Morgan fingerprint density at radius 3 is 2.27 bits per heavy atom. The quantitative estimate of drug-likeness (QED) is 0.737. The fourth-order valence-corrected chi connectivity index (χ4v) is 2.07. The first-order valence-electron chi connectivity index (χ1n) is 5.56. The summed E-state index contributed by atoms with van der Waals surface area (Å²) in [5, 5.41) is 1.90. The van der Waals surface area contributed by atoms with Gasteiger partial charge in [-0.1, -0.05) is 30.3 Å². The maximum absolute atomic E-state index is 5.74. The van der Waals surface area contributed by atoms with E-state index in [0.29, 0.717) is 6.04 Å². The molecule has 1 fully saturated rings. The smallest absolute Gasteiger partial charge is 0.0320 e. The van der Waals surface area contributed by atoms with Crippen molar-refractivity contribution in [2.75, 3.05) is 26.2 Å². The highest BCUT2D eigenvalue weighted by Gasteiger charge is 2.19. The standard InChI is InChI=1S/C12H19N3/c1-11(12-5-3-2-4-6-12)14-7-9-15(13)10-8-14/h2-6,11H,7-10,13H2,1H3. The van der Waals surface area contributed by atoms with E-state index in [0.717, 1.165) is 26.2 Å². The molecule has 3 heteroatoms. The van der Waals surface area contributed by atoms with Gasteiger partial charge in [0.25, 0.3) is 0 Å². The lowest BCUT2D eigenvalue weighted by Gasteiger charge is -2.36. The molecule has 0 radical (unpaired) electrons. The third-order valence-corrected chi connectivity index (χ3v) is 3.18. The molecule has 1 atom stereocenters. The van der Waals surface area contributed by atoms with E-state index in [9.17, 15) is 0 Å². The van der Waals surface area contributed by atoms with E-state index in [1.807, 2.05) is 5.01 Å². The van der Waals surface area contributed by atoms with E-state index in [1.165, 1.54) is 5.56 Å². The van der Waals surface area contributed by atoms with Crippen molar-refractivity contribution in [3.8, 4) is 0 Å². The fourth-order valence-electron chi connectivity index (χ4n) is 2.07. The van der Waals surface area contributed by atoms with E-state index in [2.05, 4.69) is 42.2 Å². The predicted molar refractivity (Wildman–Crippen MR) is 62.2 cm³/mol. The molecule has 0 saturated carbocycles. The van der Waals surface area contributed by atoms with Gasteiger partial charge in [-0.15, -0.1) is 0 Å². The molecular formula is C12H19N3. The molecule has 1 saturated heterocycles. The molecule has 15 heavy (non-hydrogen) atoms. The van der Waals surface area contributed by atoms with Crippen molar-refractivity contribution < 1.29 is 0 Å². The van der Waals surface area contributed by atoms with Crippen LogP contribution in [0, 0.1) is 0 Å². The predicted octanol–water partition coefficient (Wildman–Crippen LogP) is 1.24. The zero-order valence-corrected chi connectivity index (χ0v) is 9.26. The van der Waals surface area contributed by atoms with Crippen molar-refractivity contribution in [2.45, 2.75) is 13.0 Å². The highest BCUT2D eigenvalue weighted by atomic mass is 15.4. The molecule has 1 unspecified atom stereocenters. The average molecular weight is 205 g/mol. The molecule has 2 rings (SSSR count). The van der Waals surface area contributed by atoms with E-state index in [-0.39, 0.29) is 0 Å². The van der Waals surface area contributed by atoms with Gasteiger partial charge >= 0.3 is 0 Å². The second-order valence-corrected chi connectivity index (χ2v) is 4.16. The van der Waals surface area contributed by atoms with Gasteiger partial charge in [-0.25, -0.2) is 5.01 Å². The largest absolute Gasteiger partial charge is 0.294 e. The molecule has 1 aliphatic heterocycles. The van der Waals surface area contributed by atoms with Gasteiger partial charge in [0.05, 0.1) is 0 Å². The Balaban J connectivity index is 1.99.